The van der Waals surface area contributed by atoms with Gasteiger partial charge >= 0.3 is 12.7 Å². The summed E-state index contributed by atoms with van der Waals surface area (Å²) in [6.45, 7) is 14.4. The molecule has 0 spiro atoms. The minimum atomic E-state index is -4.68. The normalized spacial score (nSPS) is 15.6. The van der Waals surface area contributed by atoms with E-state index < -0.39 is 12.7 Å². The molecular weight excluding hydrogens is 1770 g/mol. The van der Waals surface area contributed by atoms with Crippen LogP contribution in [0.15, 0.2) is 270 Å². The molecule has 5 aromatic heterocycles. The van der Waals surface area contributed by atoms with Gasteiger partial charge in [0.1, 0.15) is 17.2 Å². The molecule has 5 saturated heterocycles. The first kappa shape index (κ1) is 92.6. The maximum Gasteiger partial charge on any atom is 0.573 e. The van der Waals surface area contributed by atoms with Crippen LogP contribution in [0.4, 0.5) is 54.8 Å². The van der Waals surface area contributed by atoms with Crippen molar-refractivity contribution in [3.05, 3.63) is 307 Å². The second-order valence-electron chi connectivity index (χ2n) is 33.3. The van der Waals surface area contributed by atoms with Crippen molar-refractivity contribution in [3.8, 4) is 17.2 Å². The van der Waals surface area contributed by atoms with Crippen LogP contribution in [0.3, 0.4) is 0 Å². The van der Waals surface area contributed by atoms with E-state index in [4.69, 9.17) is 27.9 Å². The molecule has 13 nitrogen and oxygen atoms in total. The van der Waals surface area contributed by atoms with Crippen molar-refractivity contribution in [1.82, 2.24) is 26.6 Å². The third kappa shape index (κ3) is 26.2. The minimum absolute atomic E-state index is 0.177. The molecular formula is C103H108Cl2F6N10O3S5. The number of piperidine rings is 5. The monoisotopic (exact) mass is 1880 g/mol. The van der Waals surface area contributed by atoms with Gasteiger partial charge in [-0.05, 0) is 393 Å². The highest BCUT2D eigenvalue weighted by molar-refractivity contribution is 7.18. The maximum atomic E-state index is 12.6. The number of rotatable bonds is 23. The quantitative estimate of drug-likeness (QED) is 0.0393. The maximum absolute atomic E-state index is 12.6. The number of hydrogen-bond donors (Lipinski definition) is 5. The fraction of sp³-hybridized carbons (Fsp3) is 0.320. The highest BCUT2D eigenvalue weighted by Crippen LogP contribution is 2.39. The third-order valence-electron chi connectivity index (χ3n) is 24.6. The number of ether oxygens (including phenoxy) is 3. The Kier molecular flexibility index (Phi) is 32.3. The van der Waals surface area contributed by atoms with Gasteiger partial charge in [-0.3, -0.25) is 0 Å². The fourth-order valence-electron chi connectivity index (χ4n) is 18.0. The standard InChI is InChI=1S/2C21H21F3N2OS.C21H24N2OS.2C20H21ClN2S/c22-21(23,24)27-19-4-1-15(2-5-19)14-26(17-7-10-25-11-8-17)18-3-6-20-16(13-18)9-12-28-20;22-21(23,24)27-19-3-1-2-15(12-19)14-26(17-6-9-25-10-7-17)18-4-5-20-16(13-18)8-11-28-20;1-24-20-5-2-16(3-6-20)15-23(18-8-11-22-12-9-18)19-4-7-21-17(14-19)10-13-25-21;21-17-3-1-15(2-4-17)14-23(18-7-10-22-11-8-18)19-5-6-20-16(13-19)9-12-24-20;21-17-3-1-2-15(12-17)14-23(18-6-9-22-10-7-18)19-4-5-20-16(13-19)8-11-24-20/h1-6,9,12-13,17,25H,7-8,10-11,14H2;1-5,8,11-13,17,25H,6-7,9-10,14H2;2-7,10,13-14,18,22H,8-9,11-12,15H2,1H3;1-6,9,12-13,18,22H,7-8,10-11,14H2;1-5,8,11-13,18,22H,6-7,9-10,14H2. The van der Waals surface area contributed by atoms with Crippen LogP contribution < -0.4 is 65.3 Å². The van der Waals surface area contributed by atoms with Crippen LogP contribution >= 0.6 is 79.9 Å². The molecule has 5 fully saturated rings. The fourth-order valence-corrected chi connectivity index (χ4v) is 22.2. The number of hydrogen-bond acceptors (Lipinski definition) is 18. The van der Waals surface area contributed by atoms with Crippen LogP contribution in [0.25, 0.3) is 50.4 Å². The number of thiophene rings is 5. The molecule has 20 rings (SSSR count). The van der Waals surface area contributed by atoms with Crippen molar-refractivity contribution in [3.63, 3.8) is 0 Å². The summed E-state index contributed by atoms with van der Waals surface area (Å²) in [6.07, 6.45) is 1.86. The topological polar surface area (TPSA) is 104 Å². The highest BCUT2D eigenvalue weighted by Gasteiger charge is 2.34. The number of halogens is 8. The van der Waals surface area contributed by atoms with Gasteiger partial charge < -0.3 is 65.3 Å². The SMILES string of the molecule is COc1ccc(CN(c2ccc3sccc3c2)C2CCNCC2)cc1.Clc1ccc(CN(c2ccc3sccc3c2)C2CCNCC2)cc1.Clc1cccc(CN(c2ccc3sccc3c2)C2CCNCC2)c1.FC(F)(F)Oc1ccc(CN(c2ccc3sccc3c2)C2CCNCC2)cc1.FC(F)(F)Oc1cccc(CN(c2ccc3sccc3c2)C2CCNCC2)c1. The largest absolute Gasteiger partial charge is 0.573 e. The van der Waals surface area contributed by atoms with Gasteiger partial charge in [0.05, 0.1) is 7.11 Å². The Bertz CT molecular complexity index is 6000. The van der Waals surface area contributed by atoms with E-state index in [2.05, 4.69) is 257 Å². The zero-order valence-corrected chi connectivity index (χ0v) is 77.7. The molecule has 0 saturated carbocycles. The van der Waals surface area contributed by atoms with Crippen molar-refractivity contribution >= 4 is 159 Å². The van der Waals surface area contributed by atoms with E-state index in [0.29, 0.717) is 43.3 Å². The summed E-state index contributed by atoms with van der Waals surface area (Å²) in [5, 5.41) is 35.9. The third-order valence-corrected chi connectivity index (χ3v) is 29.6. The Morgan fingerprint density at radius 3 is 0.829 bits per heavy atom. The van der Waals surface area contributed by atoms with E-state index >= 15 is 0 Å². The first-order valence-corrected chi connectivity index (χ1v) is 49.6. The number of anilines is 5. The van der Waals surface area contributed by atoms with Gasteiger partial charge in [0, 0.05) is 125 Å². The molecule has 674 valence electrons. The van der Waals surface area contributed by atoms with Gasteiger partial charge in [-0.1, -0.05) is 83.9 Å². The molecule has 26 heteroatoms. The predicted octanol–water partition coefficient (Wildman–Crippen LogP) is 26.4. The summed E-state index contributed by atoms with van der Waals surface area (Å²) < 4.78 is 94.8. The lowest BCUT2D eigenvalue weighted by Gasteiger charge is -2.36. The molecule has 5 aliphatic rings. The van der Waals surface area contributed by atoms with Crippen LogP contribution in [0.1, 0.15) is 92.0 Å². The van der Waals surface area contributed by atoms with Crippen LogP contribution in [-0.2, 0) is 32.7 Å². The Hall–Kier alpha value is -9.64. The van der Waals surface area contributed by atoms with Crippen LogP contribution in [0, 0.1) is 0 Å². The molecule has 129 heavy (non-hydrogen) atoms. The molecule has 15 aromatic rings. The smallest absolute Gasteiger partial charge is 0.497 e. The molecule has 10 heterocycles. The van der Waals surface area contributed by atoms with E-state index in [9.17, 15) is 26.3 Å². The van der Waals surface area contributed by atoms with Crippen LogP contribution in [0.5, 0.6) is 17.2 Å². The molecule has 0 amide bonds. The van der Waals surface area contributed by atoms with Gasteiger partial charge in [-0.25, -0.2) is 0 Å². The summed E-state index contributed by atoms with van der Waals surface area (Å²) in [5.74, 6) is 0.546. The van der Waals surface area contributed by atoms with Gasteiger partial charge in [-0.2, -0.15) is 0 Å². The zero-order valence-electron chi connectivity index (χ0n) is 72.1. The number of alkyl halides is 6. The average molecular weight is 1880 g/mol. The molecule has 0 radical (unpaired) electrons. The van der Waals surface area contributed by atoms with Crippen molar-refractivity contribution in [2.45, 2.75) is 140 Å². The van der Waals surface area contributed by atoms with Crippen LogP contribution in [-0.4, -0.2) is 115 Å². The zero-order chi connectivity index (χ0) is 88.9. The lowest BCUT2D eigenvalue weighted by molar-refractivity contribution is -0.275. The number of fused-ring (bicyclic) bond motifs is 5. The molecule has 5 N–H and O–H groups in total. The Balaban J connectivity index is 0.000000118. The van der Waals surface area contributed by atoms with Crippen molar-refractivity contribution in [2.24, 2.45) is 0 Å². The van der Waals surface area contributed by atoms with Gasteiger partial charge in [0.25, 0.3) is 0 Å². The summed E-state index contributed by atoms with van der Waals surface area (Å²) >= 11 is 21.1. The van der Waals surface area contributed by atoms with E-state index in [-0.39, 0.29) is 11.5 Å². The Morgan fingerprint density at radius 2 is 0.543 bits per heavy atom. The van der Waals surface area contributed by atoms with Crippen LogP contribution in [0.2, 0.25) is 10.0 Å². The van der Waals surface area contributed by atoms with Crippen molar-refractivity contribution < 1.29 is 40.6 Å². The predicted molar refractivity (Wildman–Crippen MR) is 532 cm³/mol. The molecule has 0 bridgehead atoms. The number of nitrogens with one attached hydrogen (secondary N) is 5. The lowest BCUT2D eigenvalue weighted by atomic mass is 10.0. The molecule has 0 aliphatic carbocycles. The molecule has 5 aliphatic heterocycles. The average Bonchev–Trinajstić information content (AvgIpc) is 1.81. The van der Waals surface area contributed by atoms with Crippen molar-refractivity contribution in [1.29, 1.82) is 0 Å². The highest BCUT2D eigenvalue weighted by atomic mass is 35.5. The second kappa shape index (κ2) is 45.0. The van der Waals surface area contributed by atoms with E-state index in [0.717, 1.165) is 149 Å². The van der Waals surface area contributed by atoms with E-state index in [1.165, 1.54) is 147 Å². The summed E-state index contributed by atoms with van der Waals surface area (Å²) in [6, 6.07) is 84.2. The Labute approximate surface area is 781 Å². The molecule has 0 unspecified atom stereocenters. The second-order valence-corrected chi connectivity index (χ2v) is 38.9. The number of benzene rings is 10. The van der Waals surface area contributed by atoms with Crippen molar-refractivity contribution in [2.75, 3.05) is 97.1 Å². The molecule has 0 atom stereocenters. The van der Waals surface area contributed by atoms with E-state index in [1.54, 1.807) is 70.7 Å². The lowest BCUT2D eigenvalue weighted by Crippen LogP contribution is -2.43. The first-order valence-electron chi connectivity index (χ1n) is 44.4. The Morgan fingerprint density at radius 1 is 0.279 bits per heavy atom. The number of nitrogens with zero attached hydrogens (tertiary/aromatic N) is 5. The van der Waals surface area contributed by atoms with Gasteiger partial charge in [0.2, 0.25) is 0 Å². The molecule has 10 aromatic carbocycles. The summed E-state index contributed by atoms with van der Waals surface area (Å²) in [5.41, 5.74) is 11.9. The first-order chi connectivity index (χ1) is 62.9. The summed E-state index contributed by atoms with van der Waals surface area (Å²) in [7, 11) is 1.71. The number of methoxy groups -OCH3 is 1. The minimum Gasteiger partial charge on any atom is -0.497 e. The summed E-state index contributed by atoms with van der Waals surface area (Å²) in [4.78, 5) is 12.4. The van der Waals surface area contributed by atoms with Gasteiger partial charge in [0.15, 0.2) is 0 Å². The van der Waals surface area contributed by atoms with Gasteiger partial charge in [-0.15, -0.1) is 83.0 Å². The van der Waals surface area contributed by atoms with E-state index in [1.807, 2.05) is 41.7 Å².